The number of hydrogen-bond donors (Lipinski definition) is 0. The minimum Gasteiger partial charge on any atom is -0.466 e. The summed E-state index contributed by atoms with van der Waals surface area (Å²) in [6, 6.07) is 14.7. The molecule has 1 unspecified atom stereocenters. The van der Waals surface area contributed by atoms with Crippen LogP contribution in [-0.4, -0.2) is 50.4 Å². The number of carbonyl (C=O) groups excluding carboxylic acids is 2. The number of pyridine rings is 1. The molecule has 8 heteroatoms. The van der Waals surface area contributed by atoms with Gasteiger partial charge in [-0.2, -0.15) is 0 Å². The molecule has 1 aromatic carbocycles. The molecule has 3 aromatic heterocycles. The van der Waals surface area contributed by atoms with Gasteiger partial charge in [-0.15, -0.1) is 0 Å². The van der Waals surface area contributed by atoms with Gasteiger partial charge in [0.15, 0.2) is 5.65 Å². The van der Waals surface area contributed by atoms with E-state index in [4.69, 9.17) is 4.74 Å². The lowest BCUT2D eigenvalue weighted by atomic mass is 9.97. The number of carbonyl (C=O) groups is 2. The van der Waals surface area contributed by atoms with Crippen molar-refractivity contribution < 1.29 is 14.3 Å². The highest BCUT2D eigenvalue weighted by molar-refractivity contribution is 5.94. The van der Waals surface area contributed by atoms with Crippen LogP contribution in [0.3, 0.4) is 0 Å². The van der Waals surface area contributed by atoms with Gasteiger partial charge in [-0.3, -0.25) is 19.0 Å². The van der Waals surface area contributed by atoms with Gasteiger partial charge in [0, 0.05) is 31.0 Å². The zero-order valence-electron chi connectivity index (χ0n) is 19.0. The molecule has 34 heavy (non-hydrogen) atoms. The molecule has 4 aromatic rings. The maximum absolute atomic E-state index is 13.1. The number of hydrogen-bond acceptors (Lipinski definition) is 5. The van der Waals surface area contributed by atoms with Gasteiger partial charge in [0.2, 0.25) is 0 Å². The number of aromatic nitrogens is 3. The van der Waals surface area contributed by atoms with Crippen LogP contribution < -0.4 is 5.56 Å². The van der Waals surface area contributed by atoms with Crippen LogP contribution in [0.4, 0.5) is 0 Å². The summed E-state index contributed by atoms with van der Waals surface area (Å²) in [7, 11) is 0. The Bertz CT molecular complexity index is 1420. The molecule has 1 aliphatic rings. The van der Waals surface area contributed by atoms with Gasteiger partial charge in [0.05, 0.1) is 24.6 Å². The van der Waals surface area contributed by atoms with E-state index in [1.807, 2.05) is 40.9 Å². The van der Waals surface area contributed by atoms with Crippen molar-refractivity contribution in [2.75, 3.05) is 19.7 Å². The highest BCUT2D eigenvalue weighted by atomic mass is 16.5. The Morgan fingerprint density at radius 3 is 2.68 bits per heavy atom. The average Bonchev–Trinajstić information content (AvgIpc) is 3.37. The molecule has 0 aliphatic carbocycles. The average molecular weight is 459 g/mol. The van der Waals surface area contributed by atoms with Crippen molar-refractivity contribution in [3.8, 4) is 0 Å². The molecular formula is C26H26N4O4. The molecule has 1 amide bonds. The van der Waals surface area contributed by atoms with E-state index in [2.05, 4.69) is 4.98 Å². The standard InChI is InChI=1S/C26H26N4O4/c1-2-34-26(33)20-6-4-14-28(17-20)24(31)19-11-9-18(10-12-19)16-30-23-21(7-3-13-27-23)29-15-5-8-22(29)25(30)32/h3,5,7-13,15,20H,2,4,6,14,16-17H2,1H3. The van der Waals surface area contributed by atoms with E-state index in [1.54, 1.807) is 40.8 Å². The molecule has 0 spiro atoms. The maximum atomic E-state index is 13.1. The number of ether oxygens (including phenoxy) is 1. The van der Waals surface area contributed by atoms with E-state index >= 15 is 0 Å². The van der Waals surface area contributed by atoms with E-state index in [0.717, 1.165) is 23.9 Å². The highest BCUT2D eigenvalue weighted by Crippen LogP contribution is 2.21. The molecule has 4 heterocycles. The molecule has 5 rings (SSSR count). The number of benzene rings is 1. The first-order valence-electron chi connectivity index (χ1n) is 11.6. The SMILES string of the molecule is CCOC(=O)C1CCCN(C(=O)c2ccc(Cn3c(=O)c4cccn4c4cccnc43)cc2)C1. The van der Waals surface area contributed by atoms with Crippen molar-refractivity contribution in [3.63, 3.8) is 0 Å². The van der Waals surface area contributed by atoms with Crippen LogP contribution in [0.25, 0.3) is 16.7 Å². The third-order valence-corrected chi connectivity index (χ3v) is 6.36. The lowest BCUT2D eigenvalue weighted by molar-refractivity contribution is -0.149. The predicted molar refractivity (Wildman–Crippen MR) is 128 cm³/mol. The summed E-state index contributed by atoms with van der Waals surface area (Å²) in [5.74, 6) is -0.602. The first-order chi connectivity index (χ1) is 16.6. The fraction of sp³-hybridized carbons (Fsp3) is 0.308. The van der Waals surface area contributed by atoms with Gasteiger partial charge in [-0.1, -0.05) is 12.1 Å². The van der Waals surface area contributed by atoms with Crippen molar-refractivity contribution in [3.05, 3.63) is 82.4 Å². The van der Waals surface area contributed by atoms with Crippen molar-refractivity contribution in [1.29, 1.82) is 0 Å². The quantitative estimate of drug-likeness (QED) is 0.429. The lowest BCUT2D eigenvalue weighted by Gasteiger charge is -2.31. The second-order valence-corrected chi connectivity index (χ2v) is 8.54. The normalized spacial score (nSPS) is 16.1. The molecular weight excluding hydrogens is 432 g/mol. The van der Waals surface area contributed by atoms with Crippen molar-refractivity contribution in [2.24, 2.45) is 5.92 Å². The van der Waals surface area contributed by atoms with Crippen LogP contribution in [0.5, 0.6) is 0 Å². The third kappa shape index (κ3) is 3.96. The third-order valence-electron chi connectivity index (χ3n) is 6.36. The Morgan fingerprint density at radius 1 is 1.09 bits per heavy atom. The summed E-state index contributed by atoms with van der Waals surface area (Å²) < 4.78 is 8.65. The molecule has 1 atom stereocenters. The van der Waals surface area contributed by atoms with Gasteiger partial charge in [0.1, 0.15) is 5.52 Å². The van der Waals surface area contributed by atoms with Crippen molar-refractivity contribution in [1.82, 2.24) is 18.9 Å². The van der Waals surface area contributed by atoms with Crippen molar-refractivity contribution in [2.45, 2.75) is 26.3 Å². The topological polar surface area (TPSA) is 85.9 Å². The molecule has 0 radical (unpaired) electrons. The number of amides is 1. The van der Waals surface area contributed by atoms with E-state index in [1.165, 1.54) is 0 Å². The number of esters is 1. The molecule has 1 saturated heterocycles. The summed E-state index contributed by atoms with van der Waals surface area (Å²) in [6.45, 7) is 3.48. The Morgan fingerprint density at radius 2 is 1.88 bits per heavy atom. The molecule has 174 valence electrons. The number of piperidine rings is 1. The number of fused-ring (bicyclic) bond motifs is 3. The first kappa shape index (κ1) is 21.9. The van der Waals surface area contributed by atoms with Gasteiger partial charge in [-0.05, 0) is 61.7 Å². The van der Waals surface area contributed by atoms with E-state index in [-0.39, 0.29) is 23.4 Å². The predicted octanol–water partition coefficient (Wildman–Crippen LogP) is 3.11. The van der Waals surface area contributed by atoms with E-state index in [9.17, 15) is 14.4 Å². The van der Waals surface area contributed by atoms with Crippen LogP contribution >= 0.6 is 0 Å². The number of likely N-dealkylation sites (tertiary alicyclic amines) is 1. The smallest absolute Gasteiger partial charge is 0.310 e. The molecule has 0 N–H and O–H groups in total. The molecule has 8 nitrogen and oxygen atoms in total. The number of rotatable bonds is 5. The van der Waals surface area contributed by atoms with Crippen LogP contribution in [0.2, 0.25) is 0 Å². The summed E-state index contributed by atoms with van der Waals surface area (Å²) in [5, 5.41) is 0. The van der Waals surface area contributed by atoms with Gasteiger partial charge >= 0.3 is 5.97 Å². The molecule has 1 aliphatic heterocycles. The van der Waals surface area contributed by atoms with Crippen LogP contribution in [-0.2, 0) is 16.1 Å². The largest absolute Gasteiger partial charge is 0.466 e. The zero-order valence-corrected chi connectivity index (χ0v) is 19.0. The van der Waals surface area contributed by atoms with Crippen molar-refractivity contribution >= 4 is 28.6 Å². The fourth-order valence-corrected chi connectivity index (χ4v) is 4.66. The highest BCUT2D eigenvalue weighted by Gasteiger charge is 2.29. The maximum Gasteiger partial charge on any atom is 0.310 e. The van der Waals surface area contributed by atoms with E-state index in [0.29, 0.717) is 43.0 Å². The monoisotopic (exact) mass is 458 g/mol. The Labute approximate surface area is 196 Å². The number of nitrogens with zero attached hydrogens (tertiary/aromatic N) is 4. The second-order valence-electron chi connectivity index (χ2n) is 8.54. The summed E-state index contributed by atoms with van der Waals surface area (Å²) in [4.78, 5) is 44.5. The summed E-state index contributed by atoms with van der Waals surface area (Å²) in [5.41, 5.74) is 3.39. The van der Waals surface area contributed by atoms with Gasteiger partial charge < -0.3 is 14.0 Å². The van der Waals surface area contributed by atoms with Crippen LogP contribution in [0.1, 0.15) is 35.7 Å². The molecule has 0 bridgehead atoms. The summed E-state index contributed by atoms with van der Waals surface area (Å²) in [6.07, 6.45) is 5.05. The molecule has 0 saturated carbocycles. The Kier molecular flexibility index (Phi) is 5.88. The fourth-order valence-electron chi connectivity index (χ4n) is 4.66. The molecule has 1 fully saturated rings. The Hall–Kier alpha value is -3.94. The van der Waals surface area contributed by atoms with Gasteiger partial charge in [-0.25, -0.2) is 4.98 Å². The minimum absolute atomic E-state index is 0.0977. The minimum atomic E-state index is -0.270. The van der Waals surface area contributed by atoms with Crippen LogP contribution in [0, 0.1) is 5.92 Å². The summed E-state index contributed by atoms with van der Waals surface area (Å²) >= 11 is 0. The second kappa shape index (κ2) is 9.13. The van der Waals surface area contributed by atoms with Gasteiger partial charge in [0.25, 0.3) is 11.5 Å². The Balaban J connectivity index is 1.37. The first-order valence-corrected chi connectivity index (χ1v) is 11.6. The lowest BCUT2D eigenvalue weighted by Crippen LogP contribution is -2.42. The van der Waals surface area contributed by atoms with E-state index < -0.39 is 0 Å². The zero-order chi connectivity index (χ0) is 23.7. The van der Waals surface area contributed by atoms with Crippen LogP contribution in [0.15, 0.2) is 65.7 Å².